The van der Waals surface area contributed by atoms with E-state index >= 15 is 0 Å². The van der Waals surface area contributed by atoms with E-state index in [2.05, 4.69) is 143 Å². The molecule has 0 aliphatic heterocycles. The molecule has 48 heavy (non-hydrogen) atoms. The van der Waals surface area contributed by atoms with Crippen molar-refractivity contribution < 1.29 is 2.74 Å². The van der Waals surface area contributed by atoms with Gasteiger partial charge in [0.05, 0.1) is 13.8 Å². The summed E-state index contributed by atoms with van der Waals surface area (Å²) in [6, 6.07) is 63.1. The van der Waals surface area contributed by atoms with Gasteiger partial charge < -0.3 is 9.47 Å². The topological polar surface area (TPSA) is 8.17 Å². The predicted octanol–water partition coefficient (Wildman–Crippen LogP) is 12.7. The van der Waals surface area contributed by atoms with Crippen LogP contribution in [0, 0.1) is 0 Å². The molecule has 0 aliphatic carbocycles. The van der Waals surface area contributed by atoms with Crippen molar-refractivity contribution >= 4 is 72.5 Å². The van der Waals surface area contributed by atoms with Crippen LogP contribution < -0.4 is 4.90 Å². The molecule has 0 aliphatic rings. The Kier molecular flexibility index (Phi) is 6.32. The van der Waals surface area contributed by atoms with Crippen LogP contribution in [-0.4, -0.2) is 4.57 Å². The first-order chi connectivity index (χ1) is 24.6. The molecule has 8 aromatic carbocycles. The molecule has 0 atom stereocenters. The third-order valence-electron chi connectivity index (χ3n) is 9.15. The number of para-hydroxylation sites is 2. The first-order valence-electron chi connectivity index (χ1n) is 17.3. The lowest BCUT2D eigenvalue weighted by atomic mass is 10.1. The van der Waals surface area contributed by atoms with Crippen LogP contribution in [0.25, 0.3) is 61.1 Å². The van der Waals surface area contributed by atoms with Crippen molar-refractivity contribution in [3.8, 4) is 5.69 Å². The van der Waals surface area contributed by atoms with Crippen LogP contribution in [0.5, 0.6) is 0 Å². The zero-order valence-corrected chi connectivity index (χ0v) is 26.2. The molecule has 1 heterocycles. The predicted molar refractivity (Wildman–Crippen MR) is 206 cm³/mol. The molecule has 0 saturated heterocycles. The Morgan fingerprint density at radius 2 is 0.958 bits per heavy atom. The molecule has 2 nitrogen and oxygen atoms in total. The Balaban J connectivity index is 1.10. The maximum absolute atomic E-state index is 9.16. The van der Waals surface area contributed by atoms with Gasteiger partial charge in [-0.2, -0.15) is 0 Å². The summed E-state index contributed by atoms with van der Waals surface area (Å²) >= 11 is 0. The first kappa shape index (κ1) is 25.8. The van der Waals surface area contributed by atoms with E-state index in [0.717, 1.165) is 50.1 Å². The number of nitrogens with zero attached hydrogens (tertiary/aromatic N) is 2. The Morgan fingerprint density at radius 1 is 0.396 bits per heavy atom. The number of hydrogen-bond acceptors (Lipinski definition) is 1. The summed E-state index contributed by atoms with van der Waals surface area (Å²) in [5, 5.41) is 6.96. The summed E-state index contributed by atoms with van der Waals surface area (Å²) < 4.78 is 20.6. The van der Waals surface area contributed by atoms with Gasteiger partial charge in [0.25, 0.3) is 0 Å². The first-order valence-corrected chi connectivity index (χ1v) is 16.3. The third-order valence-corrected chi connectivity index (χ3v) is 9.15. The zero-order chi connectivity index (χ0) is 33.6. The normalized spacial score (nSPS) is 12.7. The zero-order valence-electron chi connectivity index (χ0n) is 28.2. The molecule has 0 amide bonds. The average molecular weight is 615 g/mol. The monoisotopic (exact) mass is 614 g/mol. The van der Waals surface area contributed by atoms with Crippen LogP contribution in [0.15, 0.2) is 182 Å². The fourth-order valence-corrected chi connectivity index (χ4v) is 6.82. The lowest BCUT2D eigenvalue weighted by molar-refractivity contribution is 1.19. The molecule has 2 heteroatoms. The fraction of sp³-hybridized carbons (Fsp3) is 0. The Morgan fingerprint density at radius 3 is 1.75 bits per heavy atom. The van der Waals surface area contributed by atoms with Crippen molar-refractivity contribution in [2.75, 3.05) is 4.90 Å². The maximum atomic E-state index is 9.16. The highest BCUT2D eigenvalue weighted by atomic mass is 15.1. The highest BCUT2D eigenvalue weighted by Gasteiger charge is 2.14. The average Bonchev–Trinajstić information content (AvgIpc) is 3.51. The van der Waals surface area contributed by atoms with E-state index in [0.29, 0.717) is 5.56 Å². The van der Waals surface area contributed by atoms with Crippen LogP contribution in [0.3, 0.4) is 0 Å². The molecule has 0 fully saturated rings. The summed E-state index contributed by atoms with van der Waals surface area (Å²) in [5.74, 6) is 0. The lowest BCUT2D eigenvalue weighted by Gasteiger charge is -2.26. The smallest absolute Gasteiger partial charge is 0.0629 e. The van der Waals surface area contributed by atoms with E-state index in [-0.39, 0.29) is 12.1 Å². The van der Waals surface area contributed by atoms with E-state index in [1.807, 2.05) is 48.5 Å². The van der Waals surface area contributed by atoms with Crippen molar-refractivity contribution in [1.82, 2.24) is 4.57 Å². The largest absolute Gasteiger partial charge is 0.310 e. The van der Waals surface area contributed by atoms with Crippen LogP contribution >= 0.6 is 0 Å². The molecule has 0 spiro atoms. The highest BCUT2D eigenvalue weighted by Crippen LogP contribution is 2.37. The standard InChI is InChI=1S/C46H32N2/c1-2-14-39(15-3-1)47(41-27-23-35-10-4-6-12-37(35)31-41)40-25-20-33(21-26-40)18-19-34-22-29-46-44(30-34)43-16-8-9-17-45(43)48(46)42-28-24-36-11-5-7-13-38(36)32-42/h1-32H/b19-18+/i18D,19D. The van der Waals surface area contributed by atoms with Gasteiger partial charge in [0.2, 0.25) is 0 Å². The molecule has 0 saturated carbocycles. The molecule has 0 unspecified atom stereocenters. The summed E-state index contributed by atoms with van der Waals surface area (Å²) in [7, 11) is 0. The molecule has 0 bridgehead atoms. The third kappa shape index (κ3) is 5.01. The summed E-state index contributed by atoms with van der Waals surface area (Å²) in [5.41, 5.74) is 7.79. The second-order valence-corrected chi connectivity index (χ2v) is 12.1. The molecule has 226 valence electrons. The molecule has 1 aromatic heterocycles. The van der Waals surface area contributed by atoms with E-state index in [1.54, 1.807) is 0 Å². The van der Waals surface area contributed by atoms with Gasteiger partial charge in [-0.15, -0.1) is 0 Å². The summed E-state index contributed by atoms with van der Waals surface area (Å²) in [6.45, 7) is 0. The van der Waals surface area contributed by atoms with Crippen molar-refractivity contribution in [1.29, 1.82) is 0 Å². The molecular weight excluding hydrogens is 581 g/mol. The van der Waals surface area contributed by atoms with Gasteiger partial charge >= 0.3 is 0 Å². The Hall–Kier alpha value is -6.38. The van der Waals surface area contributed by atoms with Crippen LogP contribution in [-0.2, 0) is 0 Å². The van der Waals surface area contributed by atoms with Gasteiger partial charge in [-0.1, -0.05) is 127 Å². The number of fused-ring (bicyclic) bond motifs is 5. The minimum Gasteiger partial charge on any atom is -0.310 e. The molecule has 0 N–H and O–H groups in total. The van der Waals surface area contributed by atoms with E-state index in [4.69, 9.17) is 2.74 Å². The number of aromatic nitrogens is 1. The number of anilines is 3. The van der Waals surface area contributed by atoms with Crippen molar-refractivity contribution in [2.24, 2.45) is 0 Å². The summed E-state index contributed by atoms with van der Waals surface area (Å²) in [4.78, 5) is 2.23. The number of benzene rings is 8. The molecule has 9 aromatic rings. The van der Waals surface area contributed by atoms with Gasteiger partial charge in [0.15, 0.2) is 0 Å². The summed E-state index contributed by atoms with van der Waals surface area (Å²) in [6.07, 6.45) is 0. The van der Waals surface area contributed by atoms with Crippen LogP contribution in [0.1, 0.15) is 13.9 Å². The van der Waals surface area contributed by atoms with Gasteiger partial charge in [0.1, 0.15) is 0 Å². The van der Waals surface area contributed by atoms with E-state index in [9.17, 15) is 0 Å². The number of hydrogen-bond donors (Lipinski definition) is 0. The van der Waals surface area contributed by atoms with Crippen molar-refractivity contribution in [2.45, 2.75) is 0 Å². The quantitative estimate of drug-likeness (QED) is 0.169. The maximum Gasteiger partial charge on any atom is 0.0629 e. The molecule has 0 radical (unpaired) electrons. The van der Waals surface area contributed by atoms with Crippen molar-refractivity contribution in [3.63, 3.8) is 0 Å². The Bertz CT molecular complexity index is 2730. The molecular formula is C46H32N2. The van der Waals surface area contributed by atoms with Crippen LogP contribution in [0.4, 0.5) is 17.1 Å². The van der Waals surface area contributed by atoms with E-state index < -0.39 is 0 Å². The number of rotatable bonds is 6. The van der Waals surface area contributed by atoms with Crippen LogP contribution in [0.2, 0.25) is 0 Å². The Labute approximate surface area is 282 Å². The van der Waals surface area contributed by atoms with Crippen molar-refractivity contribution in [3.05, 3.63) is 193 Å². The molecule has 9 rings (SSSR count). The SMILES string of the molecule is [2H]/C(=C(/[2H])c1ccc2c(c1)c1ccccc1n2-c1ccc2ccccc2c1)c1ccc(N(c2ccccc2)c2ccc3ccccc3c2)cc1. The fourth-order valence-electron chi connectivity index (χ4n) is 6.82. The van der Waals surface area contributed by atoms with Gasteiger partial charge in [0, 0.05) is 33.5 Å². The van der Waals surface area contributed by atoms with Gasteiger partial charge in [-0.3, -0.25) is 0 Å². The lowest BCUT2D eigenvalue weighted by Crippen LogP contribution is -2.09. The van der Waals surface area contributed by atoms with E-state index in [1.165, 1.54) is 21.5 Å². The van der Waals surface area contributed by atoms with Gasteiger partial charge in [-0.05, 0) is 99.4 Å². The minimum absolute atomic E-state index is 0.186. The minimum atomic E-state index is 0.186. The highest BCUT2D eigenvalue weighted by molar-refractivity contribution is 6.10. The second-order valence-electron chi connectivity index (χ2n) is 12.1. The van der Waals surface area contributed by atoms with Gasteiger partial charge in [-0.25, -0.2) is 0 Å². The second kappa shape index (κ2) is 11.8.